The molecule has 0 radical (unpaired) electrons. The van der Waals surface area contributed by atoms with E-state index in [9.17, 15) is 17.6 Å². The van der Waals surface area contributed by atoms with Crippen molar-refractivity contribution in [1.29, 1.82) is 0 Å². The molecule has 1 saturated heterocycles. The number of carbonyl (C=O) groups excluding carboxylic acids is 1. The molecule has 0 spiro atoms. The van der Waals surface area contributed by atoms with E-state index in [0.717, 1.165) is 29.3 Å². The Morgan fingerprint density at radius 1 is 1.07 bits per heavy atom. The molecule has 0 amide bonds. The summed E-state index contributed by atoms with van der Waals surface area (Å²) in [6.45, 7) is 4.79. The smallest absolute Gasteiger partial charge is 0.346 e. The van der Waals surface area contributed by atoms with E-state index in [1.807, 2.05) is 13.8 Å². The molecule has 3 rings (SSSR count). The average Bonchev–Trinajstić information content (AvgIpc) is 2.65. The lowest BCUT2D eigenvalue weighted by molar-refractivity contribution is 0.0724. The van der Waals surface area contributed by atoms with Gasteiger partial charge in [0.15, 0.2) is 0 Å². The lowest BCUT2D eigenvalue weighted by atomic mass is 10.1. The van der Waals surface area contributed by atoms with Crippen molar-refractivity contribution in [2.24, 2.45) is 0 Å². The molecule has 2 aromatic carbocycles. The number of morpholine rings is 1. The molecule has 27 heavy (non-hydrogen) atoms. The van der Waals surface area contributed by atoms with Crippen LogP contribution in [-0.2, 0) is 14.8 Å². The third-order valence-corrected chi connectivity index (χ3v) is 6.35. The van der Waals surface area contributed by atoms with E-state index in [2.05, 4.69) is 0 Å². The number of esters is 1. The minimum absolute atomic E-state index is 0.155. The largest absolute Gasteiger partial charge is 0.423 e. The van der Waals surface area contributed by atoms with Gasteiger partial charge in [0.2, 0.25) is 10.0 Å². The molecule has 8 heteroatoms. The first-order chi connectivity index (χ1) is 12.8. The minimum Gasteiger partial charge on any atom is -0.423 e. The van der Waals surface area contributed by atoms with Crippen molar-refractivity contribution in [2.75, 3.05) is 26.3 Å². The lowest BCUT2D eigenvalue weighted by Crippen LogP contribution is -2.40. The summed E-state index contributed by atoms with van der Waals surface area (Å²) in [5.74, 6) is -1.52. The molecule has 144 valence electrons. The molecule has 1 heterocycles. The standard InChI is InChI=1S/C19H20FNO5S/c1-13-3-4-15(11-14(13)2)26-19(22)17-12-16(5-6-18(17)20)27(23,24)21-7-9-25-10-8-21/h3-6,11-12H,7-10H2,1-2H3. The summed E-state index contributed by atoms with van der Waals surface area (Å²) >= 11 is 0. The highest BCUT2D eigenvalue weighted by molar-refractivity contribution is 7.89. The number of carbonyl (C=O) groups is 1. The van der Waals surface area contributed by atoms with Crippen LogP contribution in [0.4, 0.5) is 4.39 Å². The van der Waals surface area contributed by atoms with Gasteiger partial charge in [0.1, 0.15) is 11.6 Å². The third-order valence-electron chi connectivity index (χ3n) is 4.45. The fourth-order valence-electron chi connectivity index (χ4n) is 2.70. The number of halogens is 1. The zero-order valence-corrected chi connectivity index (χ0v) is 15.9. The molecule has 6 nitrogen and oxygen atoms in total. The van der Waals surface area contributed by atoms with Crippen LogP contribution in [0.2, 0.25) is 0 Å². The summed E-state index contributed by atoms with van der Waals surface area (Å²) in [6.07, 6.45) is 0. The van der Waals surface area contributed by atoms with Crippen molar-refractivity contribution in [3.05, 3.63) is 58.9 Å². The molecule has 0 atom stereocenters. The van der Waals surface area contributed by atoms with E-state index in [1.54, 1.807) is 18.2 Å². The first kappa shape index (κ1) is 19.5. The Hall–Kier alpha value is -2.29. The van der Waals surface area contributed by atoms with Crippen molar-refractivity contribution in [1.82, 2.24) is 4.31 Å². The Balaban J connectivity index is 1.88. The quantitative estimate of drug-likeness (QED) is 0.590. The maximum atomic E-state index is 14.2. The monoisotopic (exact) mass is 393 g/mol. The number of hydrogen-bond donors (Lipinski definition) is 0. The first-order valence-corrected chi connectivity index (χ1v) is 9.90. The molecule has 0 aliphatic carbocycles. The van der Waals surface area contributed by atoms with Gasteiger partial charge in [-0.3, -0.25) is 0 Å². The summed E-state index contributed by atoms with van der Waals surface area (Å²) in [5, 5.41) is 0. The minimum atomic E-state index is -3.84. The molecule has 0 N–H and O–H groups in total. The Kier molecular flexibility index (Phi) is 5.59. The van der Waals surface area contributed by atoms with Gasteiger partial charge in [-0.2, -0.15) is 4.31 Å². The topological polar surface area (TPSA) is 72.9 Å². The number of nitrogens with zero attached hydrogens (tertiary/aromatic N) is 1. The Bertz CT molecular complexity index is 968. The lowest BCUT2D eigenvalue weighted by Gasteiger charge is -2.26. The van der Waals surface area contributed by atoms with Crippen molar-refractivity contribution >= 4 is 16.0 Å². The zero-order valence-electron chi connectivity index (χ0n) is 15.1. The van der Waals surface area contributed by atoms with Gasteiger partial charge in [-0.05, 0) is 55.3 Å². The highest BCUT2D eigenvalue weighted by atomic mass is 32.2. The van der Waals surface area contributed by atoms with E-state index in [-0.39, 0.29) is 23.7 Å². The molecule has 1 aliphatic rings. The number of rotatable bonds is 4. The average molecular weight is 393 g/mol. The molecule has 0 saturated carbocycles. The van der Waals surface area contributed by atoms with Gasteiger partial charge in [-0.15, -0.1) is 0 Å². The van der Waals surface area contributed by atoms with Crippen LogP contribution in [0, 0.1) is 19.7 Å². The number of benzene rings is 2. The van der Waals surface area contributed by atoms with Gasteiger partial charge in [-0.1, -0.05) is 6.07 Å². The second-order valence-electron chi connectivity index (χ2n) is 6.29. The summed E-state index contributed by atoms with van der Waals surface area (Å²) < 4.78 is 51.2. The van der Waals surface area contributed by atoms with E-state index in [1.165, 1.54) is 4.31 Å². The Morgan fingerprint density at radius 2 is 1.78 bits per heavy atom. The van der Waals surface area contributed by atoms with Crippen LogP contribution >= 0.6 is 0 Å². The van der Waals surface area contributed by atoms with Gasteiger partial charge >= 0.3 is 5.97 Å². The summed E-state index contributed by atoms with van der Waals surface area (Å²) in [5.41, 5.74) is 1.52. The molecular formula is C19H20FNO5S. The number of hydrogen-bond acceptors (Lipinski definition) is 5. The van der Waals surface area contributed by atoms with Crippen LogP contribution < -0.4 is 4.74 Å². The van der Waals surface area contributed by atoms with Crippen LogP contribution in [0.15, 0.2) is 41.3 Å². The van der Waals surface area contributed by atoms with E-state index in [0.29, 0.717) is 13.2 Å². The van der Waals surface area contributed by atoms with Crippen LogP contribution in [0.3, 0.4) is 0 Å². The number of aryl methyl sites for hydroxylation is 2. The Labute approximate surface area is 157 Å². The number of sulfonamides is 1. The SMILES string of the molecule is Cc1ccc(OC(=O)c2cc(S(=O)(=O)N3CCOCC3)ccc2F)cc1C. The van der Waals surface area contributed by atoms with Gasteiger partial charge in [-0.25, -0.2) is 17.6 Å². The van der Waals surface area contributed by atoms with Crippen LogP contribution in [-0.4, -0.2) is 45.0 Å². The third kappa shape index (κ3) is 4.18. The predicted molar refractivity (Wildman–Crippen MR) is 96.9 cm³/mol. The maximum absolute atomic E-state index is 14.2. The highest BCUT2D eigenvalue weighted by Crippen LogP contribution is 2.23. The maximum Gasteiger partial charge on any atom is 0.346 e. The van der Waals surface area contributed by atoms with E-state index >= 15 is 0 Å². The molecular weight excluding hydrogens is 373 g/mol. The van der Waals surface area contributed by atoms with E-state index < -0.39 is 27.4 Å². The molecule has 0 unspecified atom stereocenters. The van der Waals surface area contributed by atoms with Crippen molar-refractivity contribution < 1.29 is 27.1 Å². The summed E-state index contributed by atoms with van der Waals surface area (Å²) in [4.78, 5) is 12.2. The van der Waals surface area contributed by atoms with Gasteiger partial charge in [0.25, 0.3) is 0 Å². The second-order valence-corrected chi connectivity index (χ2v) is 8.23. The number of ether oxygens (including phenoxy) is 2. The normalized spacial score (nSPS) is 15.5. The fourth-order valence-corrected chi connectivity index (χ4v) is 4.13. The summed E-state index contributed by atoms with van der Waals surface area (Å²) in [7, 11) is -3.84. The van der Waals surface area contributed by atoms with Crippen LogP contribution in [0.25, 0.3) is 0 Å². The zero-order chi connectivity index (χ0) is 19.6. The van der Waals surface area contributed by atoms with Crippen LogP contribution in [0.1, 0.15) is 21.5 Å². The predicted octanol–water partition coefficient (Wildman–Crippen LogP) is 2.68. The Morgan fingerprint density at radius 3 is 2.44 bits per heavy atom. The van der Waals surface area contributed by atoms with Crippen molar-refractivity contribution in [3.8, 4) is 5.75 Å². The second kappa shape index (κ2) is 7.75. The summed E-state index contributed by atoms with van der Waals surface area (Å²) in [6, 6.07) is 8.18. The first-order valence-electron chi connectivity index (χ1n) is 8.46. The molecule has 1 fully saturated rings. The van der Waals surface area contributed by atoms with Crippen LogP contribution in [0.5, 0.6) is 5.75 Å². The molecule has 0 bridgehead atoms. The van der Waals surface area contributed by atoms with E-state index in [4.69, 9.17) is 9.47 Å². The van der Waals surface area contributed by atoms with Crippen molar-refractivity contribution in [2.45, 2.75) is 18.7 Å². The molecule has 0 aromatic heterocycles. The molecule has 1 aliphatic heterocycles. The highest BCUT2D eigenvalue weighted by Gasteiger charge is 2.28. The van der Waals surface area contributed by atoms with Gasteiger partial charge in [0, 0.05) is 13.1 Å². The molecule has 2 aromatic rings. The fraction of sp³-hybridized carbons (Fsp3) is 0.316. The van der Waals surface area contributed by atoms with Gasteiger partial charge in [0.05, 0.1) is 23.7 Å². The van der Waals surface area contributed by atoms with Gasteiger partial charge < -0.3 is 9.47 Å². The van der Waals surface area contributed by atoms with Crippen molar-refractivity contribution in [3.63, 3.8) is 0 Å².